The van der Waals surface area contributed by atoms with Gasteiger partial charge in [0.2, 0.25) is 0 Å². The van der Waals surface area contributed by atoms with Gasteiger partial charge in [-0.1, -0.05) is 44.9 Å². The zero-order valence-corrected chi connectivity index (χ0v) is 12.7. The molecule has 0 aliphatic heterocycles. The Kier molecular flexibility index (Phi) is 7.29. The first-order chi connectivity index (χ1) is 10.1. The van der Waals surface area contributed by atoms with E-state index in [1.165, 1.54) is 0 Å². The molecule has 0 aromatic heterocycles. The third kappa shape index (κ3) is 5.45. The summed E-state index contributed by atoms with van der Waals surface area (Å²) >= 11 is 0. The predicted octanol–water partition coefficient (Wildman–Crippen LogP) is 3.26. The largest absolute Gasteiger partial charge is 0.480 e. The van der Waals surface area contributed by atoms with Gasteiger partial charge < -0.3 is 10.4 Å². The number of para-hydroxylation sites is 1. The summed E-state index contributed by atoms with van der Waals surface area (Å²) in [6, 6.07) is 8.13. The van der Waals surface area contributed by atoms with Gasteiger partial charge in [-0.05, 0) is 25.0 Å². The number of urea groups is 1. The molecule has 2 amide bonds. The Hall–Kier alpha value is -2.04. The molecule has 0 bridgehead atoms. The highest BCUT2D eigenvalue weighted by Gasteiger charge is 2.22. The van der Waals surface area contributed by atoms with Gasteiger partial charge in [0.05, 0.1) is 0 Å². The summed E-state index contributed by atoms with van der Waals surface area (Å²) in [6.07, 6.45) is 2.97. The zero-order valence-electron chi connectivity index (χ0n) is 12.7. The van der Waals surface area contributed by atoms with E-state index >= 15 is 0 Å². The molecule has 1 atom stereocenters. The zero-order chi connectivity index (χ0) is 15.7. The molecule has 0 aliphatic carbocycles. The highest BCUT2D eigenvalue weighted by Crippen LogP contribution is 2.15. The van der Waals surface area contributed by atoms with Crippen LogP contribution in [0.15, 0.2) is 30.3 Å². The number of nitrogens with zero attached hydrogens (tertiary/aromatic N) is 1. The second-order valence-electron chi connectivity index (χ2n) is 4.97. The maximum atomic E-state index is 12.4. The second-order valence-corrected chi connectivity index (χ2v) is 4.97. The van der Waals surface area contributed by atoms with Crippen molar-refractivity contribution >= 4 is 17.7 Å². The van der Waals surface area contributed by atoms with E-state index in [4.69, 9.17) is 5.11 Å². The molecule has 0 fully saturated rings. The molecule has 1 aromatic rings. The van der Waals surface area contributed by atoms with Crippen molar-refractivity contribution in [3.8, 4) is 0 Å². The van der Waals surface area contributed by atoms with E-state index in [0.29, 0.717) is 19.4 Å². The van der Waals surface area contributed by atoms with Crippen molar-refractivity contribution in [1.82, 2.24) is 5.32 Å². The standard InChI is InChI=1S/C16H24N2O3/c1-3-5-12-18(13-10-7-6-8-11-13)16(21)17-14(9-4-2)15(19)20/h6-8,10-11,14H,3-5,9,12H2,1-2H3,(H,17,21)(H,19,20). The van der Waals surface area contributed by atoms with E-state index in [2.05, 4.69) is 12.2 Å². The van der Waals surface area contributed by atoms with E-state index < -0.39 is 12.0 Å². The van der Waals surface area contributed by atoms with Crippen LogP contribution in [0, 0.1) is 0 Å². The molecular formula is C16H24N2O3. The maximum absolute atomic E-state index is 12.4. The molecule has 0 aliphatic rings. The van der Waals surface area contributed by atoms with Crippen LogP contribution in [0.4, 0.5) is 10.5 Å². The third-order valence-electron chi connectivity index (χ3n) is 3.22. The molecule has 0 saturated carbocycles. The average molecular weight is 292 g/mol. The third-order valence-corrected chi connectivity index (χ3v) is 3.22. The van der Waals surface area contributed by atoms with Crippen LogP contribution in [0.2, 0.25) is 0 Å². The van der Waals surface area contributed by atoms with Crippen LogP contribution >= 0.6 is 0 Å². The molecule has 2 N–H and O–H groups in total. The van der Waals surface area contributed by atoms with Gasteiger partial charge in [0.15, 0.2) is 0 Å². The molecule has 0 radical (unpaired) electrons. The summed E-state index contributed by atoms with van der Waals surface area (Å²) in [5, 5.41) is 11.8. The molecule has 116 valence electrons. The SMILES string of the molecule is CCCCN(C(=O)NC(CCC)C(=O)O)c1ccccc1. The van der Waals surface area contributed by atoms with Gasteiger partial charge in [0.1, 0.15) is 6.04 Å². The number of unbranched alkanes of at least 4 members (excludes halogenated alkanes) is 1. The lowest BCUT2D eigenvalue weighted by Crippen LogP contribution is -2.48. The van der Waals surface area contributed by atoms with Crippen LogP contribution in [0.1, 0.15) is 39.5 Å². The number of hydrogen-bond acceptors (Lipinski definition) is 2. The Labute approximate surface area is 126 Å². The Morgan fingerprint density at radius 3 is 2.38 bits per heavy atom. The quantitative estimate of drug-likeness (QED) is 0.772. The lowest BCUT2D eigenvalue weighted by atomic mass is 10.2. The second kappa shape index (κ2) is 9.00. The first kappa shape index (κ1) is 17.0. The number of nitrogens with one attached hydrogen (secondary N) is 1. The van der Waals surface area contributed by atoms with Gasteiger partial charge >= 0.3 is 12.0 Å². The van der Waals surface area contributed by atoms with Crippen LogP contribution in [0.5, 0.6) is 0 Å². The molecule has 21 heavy (non-hydrogen) atoms. The Bertz CT molecular complexity index is 448. The molecule has 0 saturated heterocycles. The maximum Gasteiger partial charge on any atom is 0.326 e. The van der Waals surface area contributed by atoms with Crippen molar-refractivity contribution < 1.29 is 14.7 Å². The lowest BCUT2D eigenvalue weighted by Gasteiger charge is -2.25. The summed E-state index contributed by atoms with van der Waals surface area (Å²) in [5.41, 5.74) is 0.782. The average Bonchev–Trinajstić information content (AvgIpc) is 2.48. The minimum Gasteiger partial charge on any atom is -0.480 e. The van der Waals surface area contributed by atoms with E-state index in [-0.39, 0.29) is 6.03 Å². The van der Waals surface area contributed by atoms with Gasteiger partial charge in [-0.25, -0.2) is 9.59 Å². The van der Waals surface area contributed by atoms with Gasteiger partial charge in [-0.2, -0.15) is 0 Å². The number of benzene rings is 1. The number of hydrogen-bond donors (Lipinski definition) is 2. The van der Waals surface area contributed by atoms with Gasteiger partial charge in [-0.15, -0.1) is 0 Å². The summed E-state index contributed by atoms with van der Waals surface area (Å²) in [5.74, 6) is -0.992. The number of amides is 2. The van der Waals surface area contributed by atoms with E-state index in [9.17, 15) is 9.59 Å². The number of carboxylic acids is 1. The predicted molar refractivity (Wildman–Crippen MR) is 83.6 cm³/mol. The molecule has 5 heteroatoms. The Morgan fingerprint density at radius 2 is 1.86 bits per heavy atom. The molecule has 1 unspecified atom stereocenters. The minimum absolute atomic E-state index is 0.351. The summed E-state index contributed by atoms with van der Waals surface area (Å²) in [7, 11) is 0. The van der Waals surface area contributed by atoms with Gasteiger partial charge in [0, 0.05) is 12.2 Å². The van der Waals surface area contributed by atoms with Gasteiger partial charge in [-0.3, -0.25) is 4.90 Å². The lowest BCUT2D eigenvalue weighted by molar-refractivity contribution is -0.139. The first-order valence-electron chi connectivity index (χ1n) is 7.46. The fraction of sp³-hybridized carbons (Fsp3) is 0.500. The first-order valence-corrected chi connectivity index (χ1v) is 7.46. The number of anilines is 1. The van der Waals surface area contributed by atoms with Crippen molar-refractivity contribution in [1.29, 1.82) is 0 Å². The number of carbonyl (C=O) groups is 2. The molecule has 1 rings (SSSR count). The van der Waals surface area contributed by atoms with Crippen LogP contribution in [0.3, 0.4) is 0 Å². The van der Waals surface area contributed by atoms with E-state index in [1.54, 1.807) is 4.90 Å². The monoisotopic (exact) mass is 292 g/mol. The Balaban J connectivity index is 2.82. The molecule has 0 spiro atoms. The van der Waals surface area contributed by atoms with Crippen molar-refractivity contribution in [2.24, 2.45) is 0 Å². The Morgan fingerprint density at radius 1 is 1.19 bits per heavy atom. The fourth-order valence-corrected chi connectivity index (χ4v) is 2.05. The highest BCUT2D eigenvalue weighted by atomic mass is 16.4. The van der Waals surface area contributed by atoms with Crippen LogP contribution in [0.25, 0.3) is 0 Å². The van der Waals surface area contributed by atoms with Crippen LogP contribution in [-0.4, -0.2) is 29.7 Å². The van der Waals surface area contributed by atoms with Crippen LogP contribution < -0.4 is 10.2 Å². The normalized spacial score (nSPS) is 11.7. The molecule has 1 aromatic carbocycles. The number of carbonyl (C=O) groups excluding carboxylic acids is 1. The van der Waals surface area contributed by atoms with Crippen molar-refractivity contribution in [2.75, 3.05) is 11.4 Å². The molecular weight excluding hydrogens is 268 g/mol. The van der Waals surface area contributed by atoms with Crippen molar-refractivity contribution in [2.45, 2.75) is 45.6 Å². The highest BCUT2D eigenvalue weighted by molar-refractivity contribution is 5.94. The van der Waals surface area contributed by atoms with Crippen LogP contribution in [-0.2, 0) is 4.79 Å². The van der Waals surface area contributed by atoms with Crippen molar-refractivity contribution in [3.05, 3.63) is 30.3 Å². The molecule has 5 nitrogen and oxygen atoms in total. The van der Waals surface area contributed by atoms with Gasteiger partial charge in [0.25, 0.3) is 0 Å². The summed E-state index contributed by atoms with van der Waals surface area (Å²) < 4.78 is 0. The van der Waals surface area contributed by atoms with E-state index in [0.717, 1.165) is 18.5 Å². The summed E-state index contributed by atoms with van der Waals surface area (Å²) in [4.78, 5) is 25.2. The minimum atomic E-state index is -0.992. The topological polar surface area (TPSA) is 69.6 Å². The number of aliphatic carboxylic acids is 1. The smallest absolute Gasteiger partial charge is 0.326 e. The fourth-order valence-electron chi connectivity index (χ4n) is 2.05. The van der Waals surface area contributed by atoms with E-state index in [1.807, 2.05) is 37.3 Å². The van der Waals surface area contributed by atoms with Crippen molar-refractivity contribution in [3.63, 3.8) is 0 Å². The molecule has 0 heterocycles. The number of rotatable bonds is 8. The number of carboxylic acid groups (broad SMARTS) is 1. The summed E-state index contributed by atoms with van der Waals surface area (Å²) in [6.45, 7) is 4.52.